The van der Waals surface area contributed by atoms with Crippen molar-refractivity contribution in [2.75, 3.05) is 13.7 Å². The van der Waals surface area contributed by atoms with E-state index in [9.17, 15) is 4.79 Å². The third kappa shape index (κ3) is 3.07. The van der Waals surface area contributed by atoms with E-state index in [4.69, 9.17) is 9.47 Å². The molecule has 1 heterocycles. The molecule has 1 spiro atoms. The van der Waals surface area contributed by atoms with Crippen molar-refractivity contribution >= 4 is 5.78 Å². The van der Waals surface area contributed by atoms with Crippen molar-refractivity contribution in [3.8, 4) is 5.75 Å². The van der Waals surface area contributed by atoms with Crippen LogP contribution in [0.1, 0.15) is 76.2 Å². The molecule has 0 N–H and O–H groups in total. The number of hydrogen-bond acceptors (Lipinski definition) is 3. The first-order chi connectivity index (χ1) is 16.0. The fraction of sp³-hybridized carbons (Fsp3) is 0.633. The van der Waals surface area contributed by atoms with Gasteiger partial charge in [-0.1, -0.05) is 31.2 Å². The summed E-state index contributed by atoms with van der Waals surface area (Å²) >= 11 is 0. The Bertz CT molecular complexity index is 990. The lowest BCUT2D eigenvalue weighted by Gasteiger charge is -2.60. The van der Waals surface area contributed by atoms with E-state index < -0.39 is 0 Å². The third-order valence-electron chi connectivity index (χ3n) is 10.5. The maximum atomic E-state index is 12.3. The van der Waals surface area contributed by atoms with Crippen LogP contribution >= 0.6 is 0 Å². The van der Waals surface area contributed by atoms with Gasteiger partial charge in [-0.3, -0.25) is 4.79 Å². The summed E-state index contributed by atoms with van der Waals surface area (Å²) in [5, 5.41) is 0. The number of rotatable bonds is 2. The second kappa shape index (κ2) is 7.83. The highest BCUT2D eigenvalue weighted by Crippen LogP contribution is 2.70. The number of carbonyl (C=O) groups is 1. The van der Waals surface area contributed by atoms with Gasteiger partial charge in [0.05, 0.1) is 12.7 Å². The highest BCUT2D eigenvalue weighted by Gasteiger charge is 2.66. The monoisotopic (exact) mass is 446 g/mol. The normalized spacial score (nSPS) is 42.4. The Morgan fingerprint density at radius 1 is 1.06 bits per heavy atom. The summed E-state index contributed by atoms with van der Waals surface area (Å²) in [5.74, 6) is 4.31. The minimum absolute atomic E-state index is 0.127. The predicted octanol–water partition coefficient (Wildman–Crippen LogP) is 6.64. The average molecular weight is 447 g/mol. The van der Waals surface area contributed by atoms with Crippen LogP contribution in [-0.4, -0.2) is 25.1 Å². The van der Waals surface area contributed by atoms with E-state index in [0.717, 1.165) is 57.3 Å². The van der Waals surface area contributed by atoms with Gasteiger partial charge in [0.1, 0.15) is 5.75 Å². The largest absolute Gasteiger partial charge is 0.497 e. The molecule has 7 atom stereocenters. The van der Waals surface area contributed by atoms with Gasteiger partial charge >= 0.3 is 0 Å². The molecule has 1 saturated heterocycles. The summed E-state index contributed by atoms with van der Waals surface area (Å²) in [6, 6.07) is 8.86. The van der Waals surface area contributed by atoms with Crippen LogP contribution in [0.4, 0.5) is 0 Å². The molecular weight excluding hydrogens is 408 g/mol. The number of benzene rings is 1. The van der Waals surface area contributed by atoms with Gasteiger partial charge in [0.2, 0.25) is 0 Å². The summed E-state index contributed by atoms with van der Waals surface area (Å²) in [4.78, 5) is 12.3. The molecule has 0 amide bonds. The van der Waals surface area contributed by atoms with Crippen molar-refractivity contribution in [1.82, 2.24) is 0 Å². The van der Waals surface area contributed by atoms with Crippen LogP contribution in [0.5, 0.6) is 5.75 Å². The van der Waals surface area contributed by atoms with Gasteiger partial charge in [-0.2, -0.15) is 0 Å². The first-order valence-corrected chi connectivity index (χ1v) is 13.2. The van der Waals surface area contributed by atoms with E-state index in [1.165, 1.54) is 29.6 Å². The smallest absolute Gasteiger partial charge is 0.155 e. The van der Waals surface area contributed by atoms with Crippen molar-refractivity contribution in [3.05, 3.63) is 53.6 Å². The lowest BCUT2D eigenvalue weighted by molar-refractivity contribution is -0.149. The Morgan fingerprint density at radius 2 is 1.88 bits per heavy atom. The molecule has 1 aromatic rings. The third-order valence-corrected chi connectivity index (χ3v) is 10.5. The van der Waals surface area contributed by atoms with Gasteiger partial charge in [-0.25, -0.2) is 0 Å². The molecule has 1 aromatic carbocycles. The fourth-order valence-electron chi connectivity index (χ4n) is 9.14. The summed E-state index contributed by atoms with van der Waals surface area (Å²) in [6.45, 7) is 8.02. The number of carbonyl (C=O) groups excluding carboxylic acids is 1. The molecule has 5 aliphatic rings. The predicted molar refractivity (Wildman–Crippen MR) is 130 cm³/mol. The quantitative estimate of drug-likeness (QED) is 0.478. The first-order valence-electron chi connectivity index (χ1n) is 13.2. The molecule has 4 fully saturated rings. The van der Waals surface area contributed by atoms with Crippen LogP contribution in [0.25, 0.3) is 0 Å². The molecule has 0 aromatic heterocycles. The lowest BCUT2D eigenvalue weighted by atomic mass is 9.46. The van der Waals surface area contributed by atoms with Gasteiger partial charge < -0.3 is 9.47 Å². The van der Waals surface area contributed by atoms with Crippen LogP contribution < -0.4 is 4.74 Å². The van der Waals surface area contributed by atoms with Crippen LogP contribution in [0.2, 0.25) is 0 Å². The highest BCUT2D eigenvalue weighted by atomic mass is 16.5. The molecule has 3 heteroatoms. The topological polar surface area (TPSA) is 35.5 Å². The van der Waals surface area contributed by atoms with Gasteiger partial charge in [0.25, 0.3) is 0 Å². The number of ketones is 1. The lowest BCUT2D eigenvalue weighted by Crippen LogP contribution is -2.57. The van der Waals surface area contributed by atoms with Gasteiger partial charge in [-0.05, 0) is 110 Å². The Kier molecular flexibility index (Phi) is 5.14. The maximum absolute atomic E-state index is 12.3. The number of hydrogen-bond donors (Lipinski definition) is 0. The molecule has 1 unspecified atom stereocenters. The molecule has 0 bridgehead atoms. The van der Waals surface area contributed by atoms with E-state index in [-0.39, 0.29) is 11.0 Å². The molecule has 0 radical (unpaired) electrons. The van der Waals surface area contributed by atoms with Crippen molar-refractivity contribution in [3.63, 3.8) is 0 Å². The van der Waals surface area contributed by atoms with Crippen molar-refractivity contribution in [1.29, 1.82) is 0 Å². The Morgan fingerprint density at radius 3 is 2.64 bits per heavy atom. The Balaban J connectivity index is 1.45. The minimum Gasteiger partial charge on any atom is -0.497 e. The van der Waals surface area contributed by atoms with E-state index in [0.29, 0.717) is 35.4 Å². The summed E-state index contributed by atoms with van der Waals surface area (Å²) < 4.78 is 12.2. The fourth-order valence-corrected chi connectivity index (χ4v) is 9.14. The molecular formula is C30H38O3. The number of ether oxygens (including phenoxy) is 2. The molecule has 176 valence electrons. The zero-order valence-corrected chi connectivity index (χ0v) is 20.3. The summed E-state index contributed by atoms with van der Waals surface area (Å²) in [7, 11) is 1.74. The molecule has 1 aliphatic heterocycles. The minimum atomic E-state index is -0.149. The summed E-state index contributed by atoms with van der Waals surface area (Å²) in [6.07, 6.45) is 11.9. The van der Waals surface area contributed by atoms with Crippen LogP contribution in [-0.2, 0) is 9.53 Å². The maximum Gasteiger partial charge on any atom is 0.155 e. The number of fused-ring (bicyclic) bond motifs is 6. The zero-order chi connectivity index (χ0) is 22.8. The van der Waals surface area contributed by atoms with Gasteiger partial charge in [-0.15, -0.1) is 0 Å². The Hall–Kier alpha value is -1.87. The average Bonchev–Trinajstić information content (AvgIpc) is 3.12. The van der Waals surface area contributed by atoms with Crippen molar-refractivity contribution < 1.29 is 14.3 Å². The highest BCUT2D eigenvalue weighted by molar-refractivity contribution is 5.91. The molecule has 3 nitrogen and oxygen atoms in total. The van der Waals surface area contributed by atoms with E-state index >= 15 is 0 Å². The zero-order valence-electron chi connectivity index (χ0n) is 20.3. The standard InChI is InChI=1S/C30H38O3/c1-19-5-4-16-33-30(19)15-14-27-25-12-8-21-17-22(31)9-13-24(21)28(25)26(18-29(27,30)2)20-6-10-23(32-3)11-7-20/h6-7,10-11,17,24-28H,1,4-5,8-9,12-16,18H2,2-3H3/t24-,25-,26+,27-,28+,29-,30?/m0/s1. The van der Waals surface area contributed by atoms with Crippen LogP contribution in [0.3, 0.4) is 0 Å². The molecule has 4 aliphatic carbocycles. The molecule has 33 heavy (non-hydrogen) atoms. The second-order valence-corrected chi connectivity index (χ2v) is 11.6. The SMILES string of the molecule is C=C1CCCOC12CC[C@H]1[C@@H]3CCC4=CC(=O)CC[C@@H]4[C@H]3[C@@H](c3ccc(OC)cc3)C[C@@]12C. The second-order valence-electron chi connectivity index (χ2n) is 11.6. The Labute approximate surface area is 198 Å². The van der Waals surface area contributed by atoms with E-state index in [2.05, 4.69) is 37.8 Å². The van der Waals surface area contributed by atoms with Crippen molar-refractivity contribution in [2.45, 2.75) is 76.2 Å². The van der Waals surface area contributed by atoms with Crippen LogP contribution in [0, 0.1) is 29.1 Å². The first kappa shape index (κ1) is 21.6. The number of methoxy groups -OCH3 is 1. The van der Waals surface area contributed by atoms with Gasteiger partial charge in [0.15, 0.2) is 5.78 Å². The van der Waals surface area contributed by atoms with Crippen LogP contribution in [0.15, 0.2) is 48.1 Å². The van der Waals surface area contributed by atoms with E-state index in [1.54, 1.807) is 7.11 Å². The van der Waals surface area contributed by atoms with E-state index in [1.807, 2.05) is 6.08 Å². The van der Waals surface area contributed by atoms with Gasteiger partial charge in [0, 0.05) is 18.4 Å². The van der Waals surface area contributed by atoms with Crippen molar-refractivity contribution in [2.24, 2.45) is 29.1 Å². The molecule has 6 rings (SSSR count). The number of allylic oxidation sites excluding steroid dienone is 1. The molecule has 3 saturated carbocycles. The summed E-state index contributed by atoms with van der Waals surface area (Å²) in [5.41, 5.74) is 4.21.